The molecule has 2 heterocycles. The largest absolute Gasteiger partial charge is 0.309 e. The lowest BCUT2D eigenvalue weighted by Gasteiger charge is -2.15. The van der Waals surface area contributed by atoms with Crippen molar-refractivity contribution in [1.29, 1.82) is 0 Å². The van der Waals surface area contributed by atoms with E-state index in [1.807, 2.05) is 11.7 Å². The molecule has 0 saturated heterocycles. The number of hydrogen-bond donors (Lipinski definition) is 1. The zero-order chi connectivity index (χ0) is 14.5. The lowest BCUT2D eigenvalue weighted by Crippen LogP contribution is -2.23. The molecule has 1 saturated carbocycles. The number of rotatable bonds is 7. The summed E-state index contributed by atoms with van der Waals surface area (Å²) in [4.78, 5) is 5.52. The molecule has 1 fully saturated rings. The van der Waals surface area contributed by atoms with Gasteiger partial charge in [0, 0.05) is 29.7 Å². The van der Waals surface area contributed by atoms with Crippen molar-refractivity contribution < 1.29 is 0 Å². The van der Waals surface area contributed by atoms with Gasteiger partial charge in [-0.2, -0.15) is 5.10 Å². The van der Waals surface area contributed by atoms with Crippen molar-refractivity contribution in [3.63, 3.8) is 0 Å². The van der Waals surface area contributed by atoms with Gasteiger partial charge in [-0.3, -0.25) is 9.67 Å². The first-order valence-corrected chi connectivity index (χ1v) is 8.90. The molecule has 0 amide bonds. The highest BCUT2D eigenvalue weighted by Crippen LogP contribution is 2.29. The maximum atomic E-state index is 4.81. The van der Waals surface area contributed by atoms with Gasteiger partial charge in [0.15, 0.2) is 0 Å². The van der Waals surface area contributed by atoms with Crippen LogP contribution in [0.25, 0.3) is 0 Å². The maximum absolute atomic E-state index is 4.81. The first kappa shape index (κ1) is 14.7. The zero-order valence-corrected chi connectivity index (χ0v) is 13.5. The molecule has 0 radical (unpaired) electrons. The van der Waals surface area contributed by atoms with Crippen LogP contribution in [0.2, 0.25) is 0 Å². The molecule has 1 atom stereocenters. The van der Waals surface area contributed by atoms with E-state index in [-0.39, 0.29) is 0 Å². The smallest absolute Gasteiger partial charge is 0.0794 e. The first-order chi connectivity index (χ1) is 10.4. The summed E-state index contributed by atoms with van der Waals surface area (Å²) in [6, 6.07) is 3.15. The van der Waals surface area contributed by atoms with Gasteiger partial charge < -0.3 is 5.32 Å². The second-order valence-electron chi connectivity index (χ2n) is 5.84. The SMILES string of the molecule is CCCNC(Cc1ccn(C2CCCC2)n1)c1cncs1. The molecule has 114 valence electrons. The van der Waals surface area contributed by atoms with Gasteiger partial charge in [-0.25, -0.2) is 0 Å². The van der Waals surface area contributed by atoms with Crippen LogP contribution in [0.5, 0.6) is 0 Å². The highest BCUT2D eigenvalue weighted by Gasteiger charge is 2.19. The average Bonchev–Trinajstić information content (AvgIpc) is 3.24. The standard InChI is InChI=1S/C16H24N4S/c1-2-8-18-15(16-11-17-12-21-16)10-13-7-9-20(19-13)14-5-3-4-6-14/h7,9,11-12,14-15,18H,2-6,8,10H2,1H3. The Balaban J connectivity index is 1.67. The Kier molecular flexibility index (Phi) is 5.04. The second-order valence-corrected chi connectivity index (χ2v) is 6.76. The van der Waals surface area contributed by atoms with Crippen molar-refractivity contribution in [3.8, 4) is 0 Å². The van der Waals surface area contributed by atoms with Gasteiger partial charge in [0.1, 0.15) is 0 Å². The van der Waals surface area contributed by atoms with Crippen LogP contribution in [-0.2, 0) is 6.42 Å². The van der Waals surface area contributed by atoms with Crippen molar-refractivity contribution >= 4 is 11.3 Å². The number of nitrogens with zero attached hydrogens (tertiary/aromatic N) is 3. The summed E-state index contributed by atoms with van der Waals surface area (Å²) >= 11 is 1.72. The minimum absolute atomic E-state index is 0.337. The Hall–Kier alpha value is -1.20. The van der Waals surface area contributed by atoms with Crippen LogP contribution in [0, 0.1) is 0 Å². The van der Waals surface area contributed by atoms with E-state index < -0.39 is 0 Å². The highest BCUT2D eigenvalue weighted by molar-refractivity contribution is 7.09. The van der Waals surface area contributed by atoms with E-state index in [1.54, 1.807) is 11.3 Å². The fourth-order valence-corrected chi connectivity index (χ4v) is 3.75. The molecular formula is C16H24N4S. The Morgan fingerprint density at radius 1 is 1.43 bits per heavy atom. The molecule has 0 spiro atoms. The molecule has 1 unspecified atom stereocenters. The summed E-state index contributed by atoms with van der Waals surface area (Å²) in [6.45, 7) is 3.23. The predicted molar refractivity (Wildman–Crippen MR) is 86.6 cm³/mol. The van der Waals surface area contributed by atoms with E-state index in [9.17, 15) is 0 Å². The fraction of sp³-hybridized carbons (Fsp3) is 0.625. The summed E-state index contributed by atoms with van der Waals surface area (Å²) in [5.74, 6) is 0. The summed E-state index contributed by atoms with van der Waals surface area (Å²) in [5.41, 5.74) is 3.09. The molecule has 0 bridgehead atoms. The van der Waals surface area contributed by atoms with Gasteiger partial charge in [-0.15, -0.1) is 11.3 Å². The third-order valence-corrected chi connectivity index (χ3v) is 5.10. The lowest BCUT2D eigenvalue weighted by atomic mass is 10.1. The molecule has 0 aliphatic heterocycles. The Morgan fingerprint density at radius 3 is 3.00 bits per heavy atom. The molecule has 4 nitrogen and oxygen atoms in total. The van der Waals surface area contributed by atoms with E-state index in [2.05, 4.69) is 34.2 Å². The number of thiazole rings is 1. The molecule has 1 aliphatic rings. The van der Waals surface area contributed by atoms with Crippen LogP contribution in [0.15, 0.2) is 24.0 Å². The van der Waals surface area contributed by atoms with Gasteiger partial charge in [0.25, 0.3) is 0 Å². The van der Waals surface area contributed by atoms with E-state index in [4.69, 9.17) is 5.10 Å². The topological polar surface area (TPSA) is 42.7 Å². The fourth-order valence-electron chi connectivity index (χ4n) is 3.06. The van der Waals surface area contributed by atoms with E-state index in [1.165, 1.54) is 36.3 Å². The third kappa shape index (κ3) is 3.71. The van der Waals surface area contributed by atoms with Crippen molar-refractivity contribution in [3.05, 3.63) is 34.5 Å². The van der Waals surface area contributed by atoms with Gasteiger partial charge in [-0.1, -0.05) is 19.8 Å². The normalized spacial score (nSPS) is 17.4. The molecular weight excluding hydrogens is 280 g/mol. The lowest BCUT2D eigenvalue weighted by molar-refractivity contribution is 0.457. The molecule has 2 aromatic rings. The maximum Gasteiger partial charge on any atom is 0.0794 e. The van der Waals surface area contributed by atoms with E-state index in [0.29, 0.717) is 12.1 Å². The molecule has 5 heteroatoms. The van der Waals surface area contributed by atoms with Gasteiger partial charge in [0.05, 0.1) is 17.2 Å². The molecule has 1 N–H and O–H groups in total. The monoisotopic (exact) mass is 304 g/mol. The van der Waals surface area contributed by atoms with Crippen LogP contribution < -0.4 is 5.32 Å². The Bertz CT molecular complexity index is 528. The summed E-state index contributed by atoms with van der Waals surface area (Å²) in [7, 11) is 0. The minimum atomic E-state index is 0.337. The van der Waals surface area contributed by atoms with Crippen LogP contribution in [0.1, 0.15) is 61.7 Å². The summed E-state index contributed by atoms with van der Waals surface area (Å²) < 4.78 is 2.19. The molecule has 3 rings (SSSR count). The van der Waals surface area contributed by atoms with Gasteiger partial charge in [-0.05, 0) is 31.9 Å². The van der Waals surface area contributed by atoms with Crippen LogP contribution in [-0.4, -0.2) is 21.3 Å². The van der Waals surface area contributed by atoms with Crippen molar-refractivity contribution in [2.45, 2.75) is 57.5 Å². The zero-order valence-electron chi connectivity index (χ0n) is 12.7. The summed E-state index contributed by atoms with van der Waals surface area (Å²) in [5, 5.41) is 8.43. The highest BCUT2D eigenvalue weighted by atomic mass is 32.1. The van der Waals surface area contributed by atoms with Crippen LogP contribution >= 0.6 is 11.3 Å². The minimum Gasteiger partial charge on any atom is -0.309 e. The van der Waals surface area contributed by atoms with Crippen LogP contribution in [0.4, 0.5) is 0 Å². The molecule has 2 aromatic heterocycles. The Morgan fingerprint density at radius 2 is 2.29 bits per heavy atom. The molecule has 1 aliphatic carbocycles. The molecule has 0 aromatic carbocycles. The van der Waals surface area contributed by atoms with Crippen molar-refractivity contribution in [2.24, 2.45) is 0 Å². The second kappa shape index (κ2) is 7.18. The van der Waals surface area contributed by atoms with Gasteiger partial charge >= 0.3 is 0 Å². The number of aromatic nitrogens is 3. The van der Waals surface area contributed by atoms with Crippen molar-refractivity contribution in [1.82, 2.24) is 20.1 Å². The predicted octanol–water partition coefficient (Wildman–Crippen LogP) is 3.74. The van der Waals surface area contributed by atoms with Crippen LogP contribution in [0.3, 0.4) is 0 Å². The average molecular weight is 304 g/mol. The van der Waals surface area contributed by atoms with E-state index in [0.717, 1.165) is 19.4 Å². The quantitative estimate of drug-likeness (QED) is 0.847. The number of nitrogens with one attached hydrogen (secondary N) is 1. The third-order valence-electron chi connectivity index (χ3n) is 4.21. The summed E-state index contributed by atoms with van der Waals surface area (Å²) in [6.07, 6.45) is 11.5. The van der Waals surface area contributed by atoms with E-state index >= 15 is 0 Å². The van der Waals surface area contributed by atoms with Gasteiger partial charge in [0.2, 0.25) is 0 Å². The Labute approximate surface area is 130 Å². The number of hydrogen-bond acceptors (Lipinski definition) is 4. The first-order valence-electron chi connectivity index (χ1n) is 8.02. The molecule has 21 heavy (non-hydrogen) atoms. The van der Waals surface area contributed by atoms with Crippen molar-refractivity contribution in [2.75, 3.05) is 6.54 Å².